The summed E-state index contributed by atoms with van der Waals surface area (Å²) in [6, 6.07) is 6.54. The van der Waals surface area contributed by atoms with E-state index in [1.165, 1.54) is 30.3 Å². The average molecular weight is 374 g/mol. The van der Waals surface area contributed by atoms with Crippen LogP contribution in [-0.4, -0.2) is 23.7 Å². The number of hydrogen-bond donors (Lipinski definition) is 3. The highest BCUT2D eigenvalue weighted by atomic mass is 19.1. The number of rotatable bonds is 3. The summed E-state index contributed by atoms with van der Waals surface area (Å²) in [4.78, 5) is 12.4. The molecule has 3 N–H and O–H groups in total. The van der Waals surface area contributed by atoms with Gasteiger partial charge in [0.1, 0.15) is 23.1 Å². The van der Waals surface area contributed by atoms with Crippen molar-refractivity contribution in [3.63, 3.8) is 0 Å². The lowest BCUT2D eigenvalue weighted by atomic mass is 9.96. The smallest absolute Gasteiger partial charge is 0.267 e. The molecule has 5 nitrogen and oxygen atoms in total. The summed E-state index contributed by atoms with van der Waals surface area (Å²) in [6.45, 7) is 0.165. The zero-order valence-electron chi connectivity index (χ0n) is 14.6. The number of carbonyl (C=O) groups excluding carboxylic acids is 1. The maximum Gasteiger partial charge on any atom is 0.267 e. The Morgan fingerprint density at radius 3 is 2.74 bits per heavy atom. The van der Waals surface area contributed by atoms with Gasteiger partial charge >= 0.3 is 0 Å². The number of phenols is 1. The average Bonchev–Trinajstić information content (AvgIpc) is 3.18. The Kier molecular flexibility index (Phi) is 4.59. The molecule has 0 saturated heterocycles. The molecule has 0 radical (unpaired) electrons. The molecule has 1 aliphatic carbocycles. The van der Waals surface area contributed by atoms with Crippen LogP contribution in [0.5, 0.6) is 11.5 Å². The van der Waals surface area contributed by atoms with E-state index in [0.717, 1.165) is 25.7 Å². The first kappa shape index (κ1) is 17.6. The minimum atomic E-state index is -0.949. The monoisotopic (exact) mass is 374 g/mol. The van der Waals surface area contributed by atoms with Gasteiger partial charge in [0.25, 0.3) is 5.91 Å². The maximum atomic E-state index is 14.5. The van der Waals surface area contributed by atoms with E-state index in [9.17, 15) is 18.7 Å². The summed E-state index contributed by atoms with van der Waals surface area (Å²) < 4.78 is 33.3. The van der Waals surface area contributed by atoms with E-state index in [1.807, 2.05) is 0 Å². The lowest BCUT2D eigenvalue weighted by Crippen LogP contribution is -2.41. The van der Waals surface area contributed by atoms with E-state index in [0.29, 0.717) is 11.3 Å². The number of benzene rings is 2. The van der Waals surface area contributed by atoms with Crippen molar-refractivity contribution in [2.45, 2.75) is 37.7 Å². The second-order valence-corrected chi connectivity index (χ2v) is 6.99. The predicted molar refractivity (Wildman–Crippen MR) is 97.2 cm³/mol. The molecule has 1 fully saturated rings. The van der Waals surface area contributed by atoms with Crippen LogP contribution in [0.3, 0.4) is 0 Å². The van der Waals surface area contributed by atoms with Crippen LogP contribution in [0.4, 0.5) is 20.2 Å². The van der Waals surface area contributed by atoms with E-state index in [-0.39, 0.29) is 29.6 Å². The van der Waals surface area contributed by atoms with Crippen LogP contribution < -0.4 is 15.4 Å². The molecule has 0 bridgehead atoms. The van der Waals surface area contributed by atoms with Gasteiger partial charge in [-0.1, -0.05) is 12.8 Å². The van der Waals surface area contributed by atoms with E-state index < -0.39 is 23.6 Å². The first-order valence-electron chi connectivity index (χ1n) is 9.04. The van der Waals surface area contributed by atoms with E-state index in [4.69, 9.17) is 4.74 Å². The van der Waals surface area contributed by atoms with Gasteiger partial charge < -0.3 is 20.5 Å². The van der Waals surface area contributed by atoms with Crippen LogP contribution in [0.25, 0.3) is 0 Å². The Labute approximate surface area is 155 Å². The largest absolute Gasteiger partial charge is 0.508 e. The fourth-order valence-electron chi connectivity index (χ4n) is 3.73. The topological polar surface area (TPSA) is 70.6 Å². The summed E-state index contributed by atoms with van der Waals surface area (Å²) in [5, 5.41) is 15.7. The number of fused-ring (bicyclic) bond motifs is 1. The highest BCUT2D eigenvalue weighted by molar-refractivity contribution is 5.95. The van der Waals surface area contributed by atoms with Crippen molar-refractivity contribution in [2.75, 3.05) is 17.2 Å². The quantitative estimate of drug-likeness (QED) is 0.755. The van der Waals surface area contributed by atoms with E-state index in [2.05, 4.69) is 10.6 Å². The number of halogens is 2. The van der Waals surface area contributed by atoms with Crippen molar-refractivity contribution in [3.8, 4) is 11.5 Å². The molecule has 27 heavy (non-hydrogen) atoms. The molecule has 1 amide bonds. The summed E-state index contributed by atoms with van der Waals surface area (Å²) in [5.74, 6) is -1.30. The summed E-state index contributed by atoms with van der Waals surface area (Å²) in [7, 11) is 0. The van der Waals surface area contributed by atoms with Crippen LogP contribution in [0.1, 0.15) is 37.2 Å². The van der Waals surface area contributed by atoms with Gasteiger partial charge in [-0.15, -0.1) is 0 Å². The molecule has 1 aliphatic heterocycles. The Balaban J connectivity index is 1.49. The Morgan fingerprint density at radius 1 is 1.19 bits per heavy atom. The van der Waals surface area contributed by atoms with Crippen LogP contribution in [0.15, 0.2) is 30.3 Å². The molecular weight excluding hydrogens is 354 g/mol. The highest BCUT2D eigenvalue weighted by Crippen LogP contribution is 2.40. The highest BCUT2D eigenvalue weighted by Gasteiger charge is 2.28. The molecule has 0 spiro atoms. The minimum absolute atomic E-state index is 0.0197. The molecule has 0 aromatic heterocycles. The molecule has 4 rings (SSSR count). The molecule has 1 saturated carbocycles. The molecule has 142 valence electrons. The van der Waals surface area contributed by atoms with Crippen LogP contribution >= 0.6 is 0 Å². The second-order valence-electron chi connectivity index (χ2n) is 6.99. The molecule has 2 aliphatic rings. The summed E-state index contributed by atoms with van der Waals surface area (Å²) in [5.41, 5.74) is 1.07. The second kappa shape index (κ2) is 7.06. The SMILES string of the molecule is O=C(Nc1cc(O)c(C2CCCC2)cc1F)C1CNc2ccc(F)cc2O1. The number of carbonyl (C=O) groups is 1. The number of aromatic hydroxyl groups is 1. The van der Waals surface area contributed by atoms with Gasteiger partial charge in [-0.3, -0.25) is 4.79 Å². The molecule has 7 heteroatoms. The van der Waals surface area contributed by atoms with Gasteiger partial charge in [0.05, 0.1) is 17.9 Å². The van der Waals surface area contributed by atoms with E-state index >= 15 is 0 Å². The minimum Gasteiger partial charge on any atom is -0.508 e. The van der Waals surface area contributed by atoms with Crippen LogP contribution in [0.2, 0.25) is 0 Å². The van der Waals surface area contributed by atoms with Gasteiger partial charge in [0.2, 0.25) is 0 Å². The van der Waals surface area contributed by atoms with Crippen molar-refractivity contribution in [1.82, 2.24) is 0 Å². The zero-order chi connectivity index (χ0) is 19.0. The maximum absolute atomic E-state index is 14.5. The normalized spacial score (nSPS) is 19.1. The van der Waals surface area contributed by atoms with Crippen LogP contribution in [0, 0.1) is 11.6 Å². The molecule has 1 heterocycles. The molecule has 2 aromatic rings. The van der Waals surface area contributed by atoms with Crippen molar-refractivity contribution in [3.05, 3.63) is 47.5 Å². The first-order chi connectivity index (χ1) is 13.0. The van der Waals surface area contributed by atoms with Gasteiger partial charge in [0.15, 0.2) is 6.10 Å². The third-order valence-electron chi connectivity index (χ3n) is 5.15. The van der Waals surface area contributed by atoms with Gasteiger partial charge in [-0.25, -0.2) is 8.78 Å². The number of hydrogen-bond acceptors (Lipinski definition) is 4. The third kappa shape index (κ3) is 3.54. The van der Waals surface area contributed by atoms with Gasteiger partial charge in [-0.2, -0.15) is 0 Å². The number of amides is 1. The van der Waals surface area contributed by atoms with Crippen molar-refractivity contribution < 1.29 is 23.4 Å². The molecule has 1 atom stereocenters. The van der Waals surface area contributed by atoms with Crippen LogP contribution in [-0.2, 0) is 4.79 Å². The third-order valence-corrected chi connectivity index (χ3v) is 5.15. The van der Waals surface area contributed by atoms with Crippen molar-refractivity contribution in [2.24, 2.45) is 0 Å². The molecule has 1 unspecified atom stereocenters. The van der Waals surface area contributed by atoms with Crippen molar-refractivity contribution in [1.29, 1.82) is 0 Å². The van der Waals surface area contributed by atoms with Gasteiger partial charge in [-0.05, 0) is 37.0 Å². The standard InChI is InChI=1S/C20H20F2N2O3/c21-12-5-6-15-18(7-12)27-19(10-23-15)20(26)24-16-9-17(25)13(8-14(16)22)11-3-1-2-4-11/h5-9,11,19,23,25H,1-4,10H2,(H,24,26). The Morgan fingerprint density at radius 2 is 1.96 bits per heavy atom. The lowest BCUT2D eigenvalue weighted by Gasteiger charge is -2.26. The number of ether oxygens (including phenoxy) is 1. The number of phenolic OH excluding ortho intramolecular Hbond substituents is 1. The number of nitrogens with one attached hydrogen (secondary N) is 2. The molecular formula is C20H20F2N2O3. The summed E-state index contributed by atoms with van der Waals surface area (Å²) in [6.07, 6.45) is 3.04. The molecule has 2 aromatic carbocycles. The van der Waals surface area contributed by atoms with Gasteiger partial charge in [0, 0.05) is 17.7 Å². The lowest BCUT2D eigenvalue weighted by molar-refractivity contribution is -0.122. The van der Waals surface area contributed by atoms with Crippen molar-refractivity contribution >= 4 is 17.3 Å². The number of anilines is 2. The predicted octanol–water partition coefficient (Wildman–Crippen LogP) is 4.14. The fourth-order valence-corrected chi connectivity index (χ4v) is 3.73. The Hall–Kier alpha value is -2.83. The first-order valence-corrected chi connectivity index (χ1v) is 9.04. The fraction of sp³-hybridized carbons (Fsp3) is 0.350. The van der Waals surface area contributed by atoms with E-state index in [1.54, 1.807) is 0 Å². The summed E-state index contributed by atoms with van der Waals surface area (Å²) >= 11 is 0. The zero-order valence-corrected chi connectivity index (χ0v) is 14.6. The Bertz CT molecular complexity index is 882.